The largest absolute Gasteiger partial charge is 0.369 e. The number of rotatable bonds is 6. The quantitative estimate of drug-likeness (QED) is 0.847. The normalized spacial score (nSPS) is 12.3. The Morgan fingerprint density at radius 2 is 1.82 bits per heavy atom. The van der Waals surface area contributed by atoms with Gasteiger partial charge in [0.1, 0.15) is 0 Å². The van der Waals surface area contributed by atoms with Crippen LogP contribution in [0.15, 0.2) is 42.5 Å². The average molecular weight is 299 g/mol. The fourth-order valence-electron chi connectivity index (χ4n) is 2.56. The first-order valence-corrected chi connectivity index (χ1v) is 7.21. The summed E-state index contributed by atoms with van der Waals surface area (Å²) in [5.41, 5.74) is 6.18. The van der Waals surface area contributed by atoms with Crippen molar-refractivity contribution in [3.8, 4) is 0 Å². The van der Waals surface area contributed by atoms with Crippen LogP contribution in [-0.4, -0.2) is 36.9 Å². The van der Waals surface area contributed by atoms with Gasteiger partial charge in [0.2, 0.25) is 11.8 Å². The van der Waals surface area contributed by atoms with Crippen molar-refractivity contribution in [2.24, 2.45) is 5.73 Å². The number of primary amides is 1. The highest BCUT2D eigenvalue weighted by atomic mass is 16.2. The molecule has 0 fully saturated rings. The molecule has 3 N–H and O–H groups in total. The van der Waals surface area contributed by atoms with Crippen molar-refractivity contribution in [2.45, 2.75) is 13.0 Å². The summed E-state index contributed by atoms with van der Waals surface area (Å²) >= 11 is 0. The molecule has 1 unspecified atom stereocenters. The van der Waals surface area contributed by atoms with Gasteiger partial charge in [0.25, 0.3) is 0 Å². The molecule has 116 valence electrons. The summed E-state index contributed by atoms with van der Waals surface area (Å²) in [5, 5.41) is 5.23. The Labute approximate surface area is 130 Å². The highest BCUT2D eigenvalue weighted by Gasteiger charge is 2.14. The topological polar surface area (TPSA) is 75.4 Å². The molecule has 2 rings (SSSR count). The van der Waals surface area contributed by atoms with Gasteiger partial charge in [-0.2, -0.15) is 0 Å². The lowest BCUT2D eigenvalue weighted by Gasteiger charge is -2.19. The number of nitrogens with two attached hydrogens (primary N) is 1. The highest BCUT2D eigenvalue weighted by Crippen LogP contribution is 2.23. The number of carbonyl (C=O) groups excluding carboxylic acids is 2. The van der Waals surface area contributed by atoms with E-state index in [2.05, 4.69) is 5.32 Å². The van der Waals surface area contributed by atoms with Crippen LogP contribution in [0.4, 0.5) is 0 Å². The molecule has 0 saturated heterocycles. The number of benzene rings is 2. The lowest BCUT2D eigenvalue weighted by molar-refractivity contribution is -0.123. The Hall–Kier alpha value is -2.40. The molecule has 0 saturated carbocycles. The Morgan fingerprint density at radius 1 is 1.14 bits per heavy atom. The predicted octanol–water partition coefficient (Wildman–Crippen LogP) is 1.43. The molecule has 5 heteroatoms. The number of fused-ring (bicyclic) bond motifs is 1. The first-order chi connectivity index (χ1) is 10.5. The minimum Gasteiger partial charge on any atom is -0.369 e. The smallest absolute Gasteiger partial charge is 0.234 e. The van der Waals surface area contributed by atoms with E-state index in [-0.39, 0.29) is 25.0 Å². The van der Waals surface area contributed by atoms with Gasteiger partial charge in [-0.3, -0.25) is 14.5 Å². The van der Waals surface area contributed by atoms with Crippen LogP contribution in [0.3, 0.4) is 0 Å². The van der Waals surface area contributed by atoms with Crippen molar-refractivity contribution in [3.63, 3.8) is 0 Å². The first kappa shape index (κ1) is 16.0. The van der Waals surface area contributed by atoms with E-state index in [9.17, 15) is 9.59 Å². The Balaban J connectivity index is 2.06. The van der Waals surface area contributed by atoms with Crippen LogP contribution >= 0.6 is 0 Å². The number of likely N-dealkylation sites (N-methyl/N-ethyl adjacent to an activating group) is 1. The number of nitrogens with zero attached hydrogens (tertiary/aromatic N) is 1. The molecule has 0 aromatic heterocycles. The second-order valence-electron chi connectivity index (χ2n) is 5.50. The van der Waals surface area contributed by atoms with Crippen molar-refractivity contribution >= 4 is 22.6 Å². The van der Waals surface area contributed by atoms with Crippen molar-refractivity contribution in [1.29, 1.82) is 0 Å². The lowest BCUT2D eigenvalue weighted by atomic mass is 10.00. The predicted molar refractivity (Wildman–Crippen MR) is 87.2 cm³/mol. The van der Waals surface area contributed by atoms with E-state index in [0.717, 1.165) is 16.3 Å². The third-order valence-corrected chi connectivity index (χ3v) is 3.51. The fourth-order valence-corrected chi connectivity index (χ4v) is 2.56. The molecule has 2 amide bonds. The van der Waals surface area contributed by atoms with Gasteiger partial charge in [0, 0.05) is 0 Å². The minimum atomic E-state index is -0.447. The number of hydrogen-bond donors (Lipinski definition) is 2. The van der Waals surface area contributed by atoms with Gasteiger partial charge in [-0.1, -0.05) is 42.5 Å². The Morgan fingerprint density at radius 3 is 2.55 bits per heavy atom. The average Bonchev–Trinajstić information content (AvgIpc) is 2.45. The van der Waals surface area contributed by atoms with Crippen molar-refractivity contribution < 1.29 is 9.59 Å². The number of carbonyl (C=O) groups is 2. The monoisotopic (exact) mass is 299 g/mol. The van der Waals surface area contributed by atoms with Gasteiger partial charge >= 0.3 is 0 Å². The van der Waals surface area contributed by atoms with Crippen molar-refractivity contribution in [3.05, 3.63) is 48.0 Å². The fraction of sp³-hybridized carbons (Fsp3) is 0.294. The second-order valence-corrected chi connectivity index (χ2v) is 5.50. The lowest BCUT2D eigenvalue weighted by Crippen LogP contribution is -2.40. The molecule has 0 radical (unpaired) electrons. The maximum absolute atomic E-state index is 12.0. The van der Waals surface area contributed by atoms with E-state index >= 15 is 0 Å². The molecule has 2 aromatic rings. The first-order valence-electron chi connectivity index (χ1n) is 7.21. The molecule has 22 heavy (non-hydrogen) atoms. The van der Waals surface area contributed by atoms with Crippen LogP contribution in [0, 0.1) is 0 Å². The van der Waals surface area contributed by atoms with Crippen LogP contribution in [0.1, 0.15) is 18.5 Å². The van der Waals surface area contributed by atoms with E-state index in [1.54, 1.807) is 11.9 Å². The van der Waals surface area contributed by atoms with Gasteiger partial charge in [-0.05, 0) is 30.3 Å². The summed E-state index contributed by atoms with van der Waals surface area (Å²) in [4.78, 5) is 24.5. The molecule has 5 nitrogen and oxygen atoms in total. The van der Waals surface area contributed by atoms with Crippen molar-refractivity contribution in [2.75, 3.05) is 20.1 Å². The molecule has 0 aliphatic carbocycles. The van der Waals surface area contributed by atoms with Gasteiger partial charge in [0.15, 0.2) is 0 Å². The molecule has 0 spiro atoms. The second kappa shape index (κ2) is 7.04. The molecular formula is C17H21N3O2. The molecule has 2 aromatic carbocycles. The number of amides is 2. The standard InChI is InChI=1S/C17H21N3O2/c1-12(19-17(22)11-20(2)10-16(18)21)14-9-5-7-13-6-3-4-8-15(13)14/h3-9,12H,10-11H2,1-2H3,(H2,18,21)(H,19,22). The zero-order valence-electron chi connectivity index (χ0n) is 12.9. The summed E-state index contributed by atoms with van der Waals surface area (Å²) in [7, 11) is 1.69. The molecule has 0 aliphatic heterocycles. The van der Waals surface area contributed by atoms with Crippen LogP contribution in [-0.2, 0) is 9.59 Å². The zero-order valence-corrected chi connectivity index (χ0v) is 12.9. The van der Waals surface area contributed by atoms with Gasteiger partial charge in [0.05, 0.1) is 19.1 Å². The number of hydrogen-bond acceptors (Lipinski definition) is 3. The van der Waals surface area contributed by atoms with Crippen LogP contribution in [0.5, 0.6) is 0 Å². The Kier molecular flexibility index (Phi) is 5.12. The third-order valence-electron chi connectivity index (χ3n) is 3.51. The van der Waals surface area contributed by atoms with Gasteiger partial charge in [-0.15, -0.1) is 0 Å². The van der Waals surface area contributed by atoms with Crippen LogP contribution in [0.25, 0.3) is 10.8 Å². The van der Waals surface area contributed by atoms with Gasteiger partial charge in [-0.25, -0.2) is 0 Å². The summed E-state index contributed by atoms with van der Waals surface area (Å²) in [6.07, 6.45) is 0. The van der Waals surface area contributed by atoms with E-state index < -0.39 is 5.91 Å². The summed E-state index contributed by atoms with van der Waals surface area (Å²) in [6, 6.07) is 14.0. The Bertz CT molecular complexity index is 679. The van der Waals surface area contributed by atoms with E-state index in [1.807, 2.05) is 49.4 Å². The number of nitrogens with one attached hydrogen (secondary N) is 1. The van der Waals surface area contributed by atoms with Gasteiger partial charge < -0.3 is 11.1 Å². The van der Waals surface area contributed by atoms with Crippen LogP contribution in [0.2, 0.25) is 0 Å². The summed E-state index contributed by atoms with van der Waals surface area (Å²) in [5.74, 6) is -0.582. The summed E-state index contributed by atoms with van der Waals surface area (Å²) in [6.45, 7) is 2.15. The molecule has 0 heterocycles. The van der Waals surface area contributed by atoms with E-state index in [0.29, 0.717) is 0 Å². The molecular weight excluding hydrogens is 278 g/mol. The van der Waals surface area contributed by atoms with Crippen LogP contribution < -0.4 is 11.1 Å². The summed E-state index contributed by atoms with van der Waals surface area (Å²) < 4.78 is 0. The maximum atomic E-state index is 12.0. The van der Waals surface area contributed by atoms with E-state index in [1.165, 1.54) is 0 Å². The highest BCUT2D eigenvalue weighted by molar-refractivity contribution is 5.87. The third kappa shape index (κ3) is 4.05. The maximum Gasteiger partial charge on any atom is 0.234 e. The van der Waals surface area contributed by atoms with Crippen molar-refractivity contribution in [1.82, 2.24) is 10.2 Å². The SMILES string of the molecule is CC(NC(=O)CN(C)CC(N)=O)c1cccc2ccccc12. The molecule has 0 bridgehead atoms. The molecule has 1 atom stereocenters. The minimum absolute atomic E-state index is 0.0655. The van der Waals surface area contributed by atoms with E-state index in [4.69, 9.17) is 5.73 Å². The molecule has 0 aliphatic rings. The zero-order chi connectivity index (χ0) is 16.1.